The number of para-hydroxylation sites is 4. The number of furan rings is 2. The molecule has 0 aliphatic rings. The fourth-order valence-corrected chi connectivity index (χ4v) is 18.5. The molecule has 0 fully saturated rings. The van der Waals surface area contributed by atoms with Crippen molar-refractivity contribution in [3.8, 4) is 22.3 Å². The van der Waals surface area contributed by atoms with Gasteiger partial charge in [0.1, 0.15) is 11.2 Å². The summed E-state index contributed by atoms with van der Waals surface area (Å²) in [7, 11) is 0. The molecular formula is C76H47IN2O2U. The number of anilines is 3. The molecule has 0 N–H and O–H groups in total. The van der Waals surface area contributed by atoms with Gasteiger partial charge in [-0.1, -0.05) is 36.4 Å². The van der Waals surface area contributed by atoms with Crippen LogP contribution in [0.15, 0.2) is 270 Å². The van der Waals surface area contributed by atoms with E-state index < -0.39 is 19.8 Å². The zero-order chi connectivity index (χ0) is 53.1. The Morgan fingerprint density at radius 2 is 1.04 bits per heavy atom. The maximum Gasteiger partial charge on any atom is -0.120 e. The number of fused-ring (bicyclic) bond motifs is 14. The molecule has 0 spiro atoms. The van der Waals surface area contributed by atoms with Gasteiger partial charge in [0.25, 0.3) is 0 Å². The molecule has 0 amide bonds. The zero-order valence-electron chi connectivity index (χ0n) is 44.3. The number of hydrogen-bond acceptors (Lipinski definition) is 3. The van der Waals surface area contributed by atoms with Crippen LogP contribution < -0.4 is 4.90 Å². The van der Waals surface area contributed by atoms with E-state index in [0.29, 0.717) is 0 Å². The Kier molecular flexibility index (Phi) is 11.9. The van der Waals surface area contributed by atoms with E-state index in [9.17, 15) is 0 Å². The minimum atomic E-state index is -1.98. The molecule has 4 nitrogen and oxygen atoms in total. The van der Waals surface area contributed by atoms with Crippen molar-refractivity contribution in [2.24, 2.45) is 0 Å². The van der Waals surface area contributed by atoms with Crippen LogP contribution in [0.1, 0.15) is 5.56 Å². The minimum Gasteiger partial charge on any atom is -0.186 e. The van der Waals surface area contributed by atoms with E-state index in [1.807, 2.05) is 18.2 Å². The summed E-state index contributed by atoms with van der Waals surface area (Å²) in [5.74, 6) is 0. The summed E-state index contributed by atoms with van der Waals surface area (Å²) < 4.78 is 19.5. The molecule has 384 valence electrons. The summed E-state index contributed by atoms with van der Waals surface area (Å²) in [5.41, 5.74) is 16.2. The summed E-state index contributed by atoms with van der Waals surface area (Å²) in [6, 6.07) is 103. The van der Waals surface area contributed by atoms with Crippen molar-refractivity contribution in [3.05, 3.63) is 286 Å². The normalized spacial score (nSPS) is 12.1. The topological polar surface area (TPSA) is 33.9 Å². The number of nitrogens with zero attached hydrogens (tertiary/aromatic N) is 2. The van der Waals surface area contributed by atoms with Crippen LogP contribution in [-0.4, -0.2) is 8.83 Å². The van der Waals surface area contributed by atoms with Gasteiger partial charge in [0.2, 0.25) is 0 Å². The van der Waals surface area contributed by atoms with Crippen molar-refractivity contribution in [2.75, 3.05) is 9.33 Å². The quantitative estimate of drug-likeness (QED) is 0.0777. The molecule has 0 atom stereocenters. The molecule has 17 rings (SSSR count). The molecule has 0 saturated carbocycles. The zero-order valence-corrected chi connectivity index (χ0v) is 50.7. The van der Waals surface area contributed by atoms with E-state index in [1.165, 1.54) is 94.2 Å². The van der Waals surface area contributed by atoms with Crippen LogP contribution in [0.25, 0.3) is 126 Å². The first kappa shape index (κ1) is 49.2. The Morgan fingerprint density at radius 1 is 0.402 bits per heavy atom. The van der Waals surface area contributed by atoms with Gasteiger partial charge in [0.15, 0.2) is 0 Å². The first-order valence-corrected chi connectivity index (χ1v) is 31.3. The van der Waals surface area contributed by atoms with E-state index >= 15 is 0 Å². The summed E-state index contributed by atoms with van der Waals surface area (Å²) in [5, 5.41) is 14.5. The fourth-order valence-electron chi connectivity index (χ4n) is 12.8. The van der Waals surface area contributed by atoms with Crippen LogP contribution in [0.3, 0.4) is 0 Å². The average Bonchev–Trinajstić information content (AvgIpc) is 2.27. The number of halogens is 1. The van der Waals surface area contributed by atoms with Gasteiger partial charge in [-0.25, -0.2) is 11.1 Å². The third kappa shape index (κ3) is 8.06. The Bertz CT molecular complexity index is 5320. The van der Waals surface area contributed by atoms with Gasteiger partial charge >= 0.3 is 356 Å². The van der Waals surface area contributed by atoms with Crippen molar-refractivity contribution in [1.82, 2.24) is 4.40 Å². The number of hydrogen-bond donors (Lipinski definition) is 0. The van der Waals surface area contributed by atoms with Crippen molar-refractivity contribution >= 4 is 140 Å². The third-order valence-electron chi connectivity index (χ3n) is 16.6. The Morgan fingerprint density at radius 3 is 1.80 bits per heavy atom. The number of aryl methyl sites for hydroxylation is 1. The number of benzene rings is 13. The van der Waals surface area contributed by atoms with Gasteiger partial charge in [-0.3, -0.25) is 0 Å². The first-order valence-electron chi connectivity index (χ1n) is 27.6. The van der Waals surface area contributed by atoms with E-state index in [4.69, 9.17) is 8.83 Å². The standard InChI is InChI=1S/C76H47IN2O2.U/c1-4-16-48(17-5-1)50-19-14-24-60(39-50)78(59-22-8-3-9-23-59)61-34-31-52-42-66-69-45-56(53-32-35-74-67(43-53)63-26-11-12-28-72(63)80-74)44-68-65-41-51-30-33-58(38-54(51)46-70(65)79(75(68)69)71(66)47-55(52)40-61)77(57-20-6-2-7-21-57)37-36-49-18-15-27-64-62-25-10-13-29-73(62)81-76(49)64;/h1-16,18-35,38,40-47H,36-37H2;/q-2;+2. The molecule has 0 saturated heterocycles. The molecule has 0 radical (unpaired) electrons. The SMILES string of the molecule is [U+2].[c-]1ccccc1-c1[c-]c(N(c2ccccc2)c2ccc3cc4c5cc(-c6ccc7oc8ccccc8c7c6)cc6c7cc8ccc(I(CCc9cccc%10c9oc9ccccc9%10)c9ccccc9)cc8cc7n(c4cc3c2)c56)ccc1. The number of rotatable bonds is 10. The molecule has 82 heavy (non-hydrogen) atoms. The average molecular weight is 1390 g/mol. The Hall–Kier alpha value is -8.64. The van der Waals surface area contributed by atoms with Gasteiger partial charge in [-0.15, -0.1) is 12.1 Å². The molecule has 6 heteroatoms. The predicted molar refractivity (Wildman–Crippen MR) is 347 cm³/mol. The van der Waals surface area contributed by atoms with Crippen LogP contribution in [0.5, 0.6) is 0 Å². The minimum absolute atomic E-state index is 0. The van der Waals surface area contributed by atoms with Crippen molar-refractivity contribution in [2.45, 2.75) is 6.42 Å². The summed E-state index contributed by atoms with van der Waals surface area (Å²) in [6.45, 7) is 0. The predicted octanol–water partition coefficient (Wildman–Crippen LogP) is 21.1. The largest absolute Gasteiger partial charge is 0.186 e. The number of alkyl halides is 1. The van der Waals surface area contributed by atoms with Crippen molar-refractivity contribution in [3.63, 3.8) is 0 Å². The first-order chi connectivity index (χ1) is 40.1. The summed E-state index contributed by atoms with van der Waals surface area (Å²) in [6.07, 6.45) is 0.948. The number of aromatic nitrogens is 1. The monoisotopic (exact) mass is 1380 g/mol. The molecule has 0 unspecified atom stereocenters. The van der Waals surface area contributed by atoms with Crippen LogP contribution >= 0.6 is 19.8 Å². The molecular weight excluding hydrogens is 1340 g/mol. The Labute approximate surface area is 503 Å². The van der Waals surface area contributed by atoms with Crippen molar-refractivity contribution in [1.29, 1.82) is 0 Å². The second kappa shape index (κ2) is 19.8. The maximum absolute atomic E-state index is 6.56. The molecule has 4 heterocycles. The van der Waals surface area contributed by atoms with E-state index in [1.54, 1.807) is 0 Å². The van der Waals surface area contributed by atoms with Gasteiger partial charge in [0.05, 0.1) is 0 Å². The fraction of sp³-hybridized carbons (Fsp3) is 0.0263. The van der Waals surface area contributed by atoms with E-state index in [-0.39, 0.29) is 31.1 Å². The third-order valence-corrected chi connectivity index (χ3v) is 22.6. The van der Waals surface area contributed by atoms with Crippen LogP contribution in [0.4, 0.5) is 17.1 Å². The van der Waals surface area contributed by atoms with Crippen molar-refractivity contribution < 1.29 is 39.9 Å². The maximum atomic E-state index is 6.56. The van der Waals surface area contributed by atoms with Gasteiger partial charge in [-0.05, 0) is 23.9 Å². The van der Waals surface area contributed by atoms with Gasteiger partial charge < -0.3 is 4.42 Å². The second-order valence-corrected chi connectivity index (χ2v) is 26.8. The van der Waals surface area contributed by atoms with E-state index in [0.717, 1.165) is 72.1 Å². The van der Waals surface area contributed by atoms with E-state index in [2.05, 4.69) is 264 Å². The van der Waals surface area contributed by atoms with Gasteiger partial charge in [0, 0.05) is 11.1 Å². The molecule has 17 aromatic rings. The summed E-state index contributed by atoms with van der Waals surface area (Å²) in [4.78, 5) is 2.32. The Balaban J connectivity index is 0.00000553. The molecule has 13 aromatic carbocycles. The smallest absolute Gasteiger partial charge is 0.120 e. The van der Waals surface area contributed by atoms with Gasteiger partial charge in [-0.2, -0.15) is 42.5 Å². The molecule has 0 bridgehead atoms. The van der Waals surface area contributed by atoms with Crippen LogP contribution in [-0.2, 0) is 6.42 Å². The molecule has 0 aliphatic heterocycles. The van der Waals surface area contributed by atoms with Crippen LogP contribution in [0, 0.1) is 50.4 Å². The summed E-state index contributed by atoms with van der Waals surface area (Å²) >= 11 is -1.98. The van der Waals surface area contributed by atoms with Crippen LogP contribution in [0.2, 0.25) is 0 Å². The molecule has 0 aliphatic carbocycles. The molecule has 4 aromatic heterocycles. The second-order valence-electron chi connectivity index (χ2n) is 21.2.